The number of carbonyl (C=O) groups excluding carboxylic acids is 2. The summed E-state index contributed by atoms with van der Waals surface area (Å²) < 4.78 is 25.3. The van der Waals surface area contributed by atoms with Gasteiger partial charge in [-0.15, -0.1) is 0 Å². The van der Waals surface area contributed by atoms with Gasteiger partial charge in [-0.25, -0.2) is 12.7 Å². The number of aliphatic carboxylic acids is 1. The molecule has 7 nitrogen and oxygen atoms in total. The van der Waals surface area contributed by atoms with Crippen LogP contribution in [0.15, 0.2) is 23.1 Å². The lowest BCUT2D eigenvalue weighted by Crippen LogP contribution is -2.51. The van der Waals surface area contributed by atoms with E-state index in [1.807, 2.05) is 0 Å². The zero-order valence-corrected chi connectivity index (χ0v) is 15.4. The second kappa shape index (κ2) is 7.96. The smallest absolute Gasteiger partial charge is 0.253 e. The van der Waals surface area contributed by atoms with Crippen molar-refractivity contribution in [3.63, 3.8) is 0 Å². The maximum absolute atomic E-state index is 12.4. The van der Waals surface area contributed by atoms with Crippen LogP contribution in [0.1, 0.15) is 30.6 Å². The first kappa shape index (κ1) is 20.4. The third kappa shape index (κ3) is 4.46. The molecule has 0 spiro atoms. The fraction of sp³-hybridized carbons (Fsp3) is 0.467. The summed E-state index contributed by atoms with van der Waals surface area (Å²) in [5.41, 5.74) is -0.117. The molecule has 1 rings (SSSR count). The molecule has 9 heteroatoms. The highest BCUT2D eigenvalue weighted by atomic mass is 35.5. The number of benzene rings is 1. The molecule has 0 fully saturated rings. The summed E-state index contributed by atoms with van der Waals surface area (Å²) in [7, 11) is -1.03. The van der Waals surface area contributed by atoms with Crippen molar-refractivity contribution < 1.29 is 23.1 Å². The maximum Gasteiger partial charge on any atom is 0.253 e. The lowest BCUT2D eigenvalue weighted by atomic mass is 9.99. The SMILES string of the molecule is CC[C@H](C)[C@H](NC(=O)c1cc(S(=O)(=O)N(C)C)ccc1Cl)C(=O)[O-]. The predicted octanol–water partition coefficient (Wildman–Crippen LogP) is 0.485. The highest BCUT2D eigenvalue weighted by Gasteiger charge is 2.24. The molecule has 0 radical (unpaired) electrons. The van der Waals surface area contributed by atoms with Crippen molar-refractivity contribution in [2.75, 3.05) is 14.1 Å². The quantitative estimate of drug-likeness (QED) is 0.746. The molecule has 0 saturated heterocycles. The van der Waals surface area contributed by atoms with E-state index in [0.717, 1.165) is 10.4 Å². The first-order valence-electron chi connectivity index (χ1n) is 7.26. The Bertz CT molecular complexity index is 733. The number of carbonyl (C=O) groups is 2. The van der Waals surface area contributed by atoms with Crippen LogP contribution in [-0.4, -0.2) is 44.7 Å². The van der Waals surface area contributed by atoms with Gasteiger partial charge in [0, 0.05) is 14.1 Å². The van der Waals surface area contributed by atoms with Crippen LogP contribution < -0.4 is 10.4 Å². The molecule has 0 heterocycles. The van der Waals surface area contributed by atoms with Gasteiger partial charge in [0.25, 0.3) is 5.91 Å². The Kier molecular flexibility index (Phi) is 6.76. The molecule has 24 heavy (non-hydrogen) atoms. The first-order chi connectivity index (χ1) is 11.0. The van der Waals surface area contributed by atoms with Crippen LogP contribution in [0.4, 0.5) is 0 Å². The van der Waals surface area contributed by atoms with E-state index in [1.165, 1.54) is 26.2 Å². The third-order valence-electron chi connectivity index (χ3n) is 3.71. The van der Waals surface area contributed by atoms with E-state index in [9.17, 15) is 23.1 Å². The Morgan fingerprint density at radius 2 is 1.92 bits per heavy atom. The average molecular weight is 376 g/mol. The van der Waals surface area contributed by atoms with E-state index >= 15 is 0 Å². The summed E-state index contributed by atoms with van der Waals surface area (Å²) in [6.07, 6.45) is 0.516. The van der Waals surface area contributed by atoms with Gasteiger partial charge in [-0.1, -0.05) is 31.9 Å². The van der Waals surface area contributed by atoms with Crippen LogP contribution in [0, 0.1) is 5.92 Å². The van der Waals surface area contributed by atoms with Gasteiger partial charge >= 0.3 is 0 Å². The predicted molar refractivity (Wildman–Crippen MR) is 88.0 cm³/mol. The molecule has 0 aliphatic carbocycles. The maximum atomic E-state index is 12.4. The van der Waals surface area contributed by atoms with Crippen molar-refractivity contribution in [2.45, 2.75) is 31.2 Å². The molecule has 0 aliphatic rings. The zero-order chi connectivity index (χ0) is 18.7. The summed E-state index contributed by atoms with van der Waals surface area (Å²) in [4.78, 5) is 23.4. The van der Waals surface area contributed by atoms with Gasteiger partial charge < -0.3 is 15.2 Å². The van der Waals surface area contributed by atoms with Crippen molar-refractivity contribution >= 4 is 33.5 Å². The highest BCUT2D eigenvalue weighted by Crippen LogP contribution is 2.22. The molecule has 1 N–H and O–H groups in total. The summed E-state index contributed by atoms with van der Waals surface area (Å²) >= 11 is 5.96. The standard InChI is InChI=1S/C15H21ClN2O5S/c1-5-9(2)13(15(20)21)17-14(19)11-8-10(6-7-12(11)16)24(22,23)18(3)4/h6-9,13H,5H2,1-4H3,(H,17,19)(H,20,21)/p-1/t9-,13-/m0/s1. The van der Waals surface area contributed by atoms with Crippen LogP contribution in [0.25, 0.3) is 0 Å². The summed E-state index contributed by atoms with van der Waals surface area (Å²) in [5, 5.41) is 13.6. The van der Waals surface area contributed by atoms with Crippen molar-refractivity contribution in [3.8, 4) is 0 Å². The molecule has 0 bridgehead atoms. The topological polar surface area (TPSA) is 107 Å². The highest BCUT2D eigenvalue weighted by molar-refractivity contribution is 7.89. The van der Waals surface area contributed by atoms with E-state index in [1.54, 1.807) is 13.8 Å². The molecule has 1 aromatic carbocycles. The molecule has 1 amide bonds. The number of rotatable bonds is 7. The summed E-state index contributed by atoms with van der Waals surface area (Å²) in [5.74, 6) is -2.54. The Morgan fingerprint density at radius 1 is 1.33 bits per heavy atom. The molecule has 0 aliphatic heterocycles. The van der Waals surface area contributed by atoms with Crippen LogP contribution >= 0.6 is 11.6 Å². The number of carboxylic acid groups (broad SMARTS) is 1. The number of nitrogens with zero attached hydrogens (tertiary/aromatic N) is 1. The van der Waals surface area contributed by atoms with E-state index in [-0.39, 0.29) is 21.4 Å². The molecule has 134 valence electrons. The molecule has 0 aromatic heterocycles. The number of hydrogen-bond donors (Lipinski definition) is 1. The molecule has 0 unspecified atom stereocenters. The van der Waals surface area contributed by atoms with Crippen molar-refractivity contribution in [2.24, 2.45) is 5.92 Å². The molecule has 0 saturated carbocycles. The second-order valence-corrected chi connectivity index (χ2v) is 8.14. The van der Waals surface area contributed by atoms with Crippen molar-refractivity contribution in [1.82, 2.24) is 9.62 Å². The molecular weight excluding hydrogens is 356 g/mol. The van der Waals surface area contributed by atoms with E-state index in [0.29, 0.717) is 6.42 Å². The number of amides is 1. The normalized spacial score (nSPS) is 14.2. The fourth-order valence-electron chi connectivity index (χ4n) is 1.94. The molecule has 2 atom stereocenters. The van der Waals surface area contributed by atoms with Crippen LogP contribution in [0.5, 0.6) is 0 Å². The number of hydrogen-bond acceptors (Lipinski definition) is 5. The zero-order valence-electron chi connectivity index (χ0n) is 13.9. The summed E-state index contributed by atoms with van der Waals surface area (Å²) in [6, 6.07) is 2.48. The van der Waals surface area contributed by atoms with Gasteiger partial charge in [0.05, 0.1) is 27.5 Å². The monoisotopic (exact) mass is 375 g/mol. The van der Waals surface area contributed by atoms with Gasteiger partial charge in [0.1, 0.15) is 0 Å². The van der Waals surface area contributed by atoms with Crippen LogP contribution in [0.3, 0.4) is 0 Å². The van der Waals surface area contributed by atoms with Crippen LogP contribution in [-0.2, 0) is 14.8 Å². The molecular formula is C15H20ClN2O5S-. The minimum absolute atomic E-state index is 0.0199. The van der Waals surface area contributed by atoms with E-state index < -0.39 is 27.9 Å². The lowest BCUT2D eigenvalue weighted by molar-refractivity contribution is -0.309. The van der Waals surface area contributed by atoms with Crippen molar-refractivity contribution in [3.05, 3.63) is 28.8 Å². The van der Waals surface area contributed by atoms with Gasteiger partial charge in [-0.2, -0.15) is 0 Å². The van der Waals surface area contributed by atoms with Gasteiger partial charge in [-0.3, -0.25) is 4.79 Å². The largest absolute Gasteiger partial charge is 0.548 e. The number of carboxylic acids is 1. The summed E-state index contributed by atoms with van der Waals surface area (Å²) in [6.45, 7) is 3.44. The Balaban J connectivity index is 3.22. The Morgan fingerprint density at radius 3 is 2.38 bits per heavy atom. The number of nitrogens with one attached hydrogen (secondary N) is 1. The van der Waals surface area contributed by atoms with Gasteiger partial charge in [0.2, 0.25) is 10.0 Å². The third-order valence-corrected chi connectivity index (χ3v) is 5.86. The fourth-order valence-corrected chi connectivity index (χ4v) is 3.07. The first-order valence-corrected chi connectivity index (χ1v) is 9.08. The molecule has 1 aromatic rings. The minimum Gasteiger partial charge on any atom is -0.548 e. The number of halogens is 1. The Hall–Kier alpha value is -1.64. The lowest BCUT2D eigenvalue weighted by Gasteiger charge is -2.25. The minimum atomic E-state index is -3.75. The van der Waals surface area contributed by atoms with Crippen LogP contribution in [0.2, 0.25) is 5.02 Å². The van der Waals surface area contributed by atoms with E-state index in [4.69, 9.17) is 11.6 Å². The average Bonchev–Trinajstić information content (AvgIpc) is 2.51. The van der Waals surface area contributed by atoms with Gasteiger partial charge in [0.15, 0.2) is 0 Å². The second-order valence-electron chi connectivity index (χ2n) is 5.58. The van der Waals surface area contributed by atoms with Gasteiger partial charge in [-0.05, 0) is 24.1 Å². The van der Waals surface area contributed by atoms with E-state index in [2.05, 4.69) is 5.32 Å². The Labute approximate surface area is 146 Å². The number of sulfonamides is 1. The van der Waals surface area contributed by atoms with Crippen molar-refractivity contribution in [1.29, 1.82) is 0 Å².